The predicted molar refractivity (Wildman–Crippen MR) is 49.7 cm³/mol. The number of rotatable bonds is 1. The molecule has 0 radical (unpaired) electrons. The van der Waals surface area contributed by atoms with E-state index in [0.29, 0.717) is 12.4 Å². The van der Waals surface area contributed by atoms with Gasteiger partial charge in [-0.3, -0.25) is 0 Å². The zero-order chi connectivity index (χ0) is 10.1. The van der Waals surface area contributed by atoms with Gasteiger partial charge >= 0.3 is 0 Å². The van der Waals surface area contributed by atoms with Crippen molar-refractivity contribution < 1.29 is 14.2 Å². The molecule has 76 valence electrons. The van der Waals surface area contributed by atoms with E-state index in [1.807, 2.05) is 0 Å². The standard InChI is InChI=1S/C10H12FNO2/c1-12-7-5-14-8-4-2-3-6(11)9(8)10(7)13/h2-4,7,10,12-13H,5H2,1H3. The minimum atomic E-state index is -0.843. The molecule has 2 atom stereocenters. The molecular weight excluding hydrogens is 185 g/mol. The number of likely N-dealkylation sites (N-methyl/N-ethyl adjacent to an activating group) is 1. The topological polar surface area (TPSA) is 41.5 Å². The number of aliphatic hydroxyl groups excluding tert-OH is 1. The maximum absolute atomic E-state index is 13.4. The lowest BCUT2D eigenvalue weighted by molar-refractivity contribution is 0.0736. The summed E-state index contributed by atoms with van der Waals surface area (Å²) in [7, 11) is 1.71. The summed E-state index contributed by atoms with van der Waals surface area (Å²) in [6, 6.07) is 4.30. The molecule has 0 aromatic heterocycles. The van der Waals surface area contributed by atoms with Gasteiger partial charge < -0.3 is 15.2 Å². The highest BCUT2D eigenvalue weighted by Crippen LogP contribution is 2.33. The van der Waals surface area contributed by atoms with Crippen LogP contribution in [0.4, 0.5) is 4.39 Å². The number of hydrogen-bond acceptors (Lipinski definition) is 3. The molecule has 3 nitrogen and oxygen atoms in total. The molecule has 0 amide bonds. The van der Waals surface area contributed by atoms with Gasteiger partial charge in [0.05, 0.1) is 11.6 Å². The first kappa shape index (κ1) is 9.43. The van der Waals surface area contributed by atoms with Crippen molar-refractivity contribution in [3.8, 4) is 5.75 Å². The monoisotopic (exact) mass is 197 g/mol. The van der Waals surface area contributed by atoms with E-state index in [-0.39, 0.29) is 11.6 Å². The minimum Gasteiger partial charge on any atom is -0.491 e. The van der Waals surface area contributed by atoms with Crippen molar-refractivity contribution in [3.63, 3.8) is 0 Å². The lowest BCUT2D eigenvalue weighted by atomic mass is 9.99. The molecule has 1 aliphatic heterocycles. The van der Waals surface area contributed by atoms with Crippen LogP contribution in [0.2, 0.25) is 0 Å². The van der Waals surface area contributed by atoms with E-state index in [0.717, 1.165) is 0 Å². The number of nitrogens with one attached hydrogen (secondary N) is 1. The Morgan fingerprint density at radius 3 is 3.07 bits per heavy atom. The van der Waals surface area contributed by atoms with Crippen molar-refractivity contribution in [3.05, 3.63) is 29.6 Å². The van der Waals surface area contributed by atoms with Gasteiger partial charge in [-0.15, -0.1) is 0 Å². The van der Waals surface area contributed by atoms with Gasteiger partial charge in [-0.05, 0) is 19.2 Å². The van der Waals surface area contributed by atoms with Crippen LogP contribution < -0.4 is 10.1 Å². The summed E-state index contributed by atoms with van der Waals surface area (Å²) in [5.41, 5.74) is 0.248. The third kappa shape index (κ3) is 1.36. The molecule has 4 heteroatoms. The van der Waals surface area contributed by atoms with Crippen molar-refractivity contribution in [2.45, 2.75) is 12.1 Å². The van der Waals surface area contributed by atoms with E-state index in [1.54, 1.807) is 19.2 Å². The molecule has 1 aliphatic rings. The molecule has 1 aromatic carbocycles. The van der Waals surface area contributed by atoms with Crippen molar-refractivity contribution in [1.82, 2.24) is 5.32 Å². The summed E-state index contributed by atoms with van der Waals surface area (Å²) in [6.07, 6.45) is -0.843. The summed E-state index contributed by atoms with van der Waals surface area (Å²) in [4.78, 5) is 0. The van der Waals surface area contributed by atoms with Crippen molar-refractivity contribution in [2.24, 2.45) is 0 Å². The van der Waals surface area contributed by atoms with Crippen LogP contribution in [0, 0.1) is 5.82 Å². The maximum Gasteiger partial charge on any atom is 0.132 e. The smallest absolute Gasteiger partial charge is 0.132 e. The molecule has 2 rings (SSSR count). The van der Waals surface area contributed by atoms with Gasteiger partial charge in [-0.2, -0.15) is 0 Å². The molecule has 0 spiro atoms. The highest BCUT2D eigenvalue weighted by molar-refractivity contribution is 5.38. The lowest BCUT2D eigenvalue weighted by Gasteiger charge is -2.30. The third-order valence-corrected chi connectivity index (χ3v) is 2.48. The molecule has 0 aliphatic carbocycles. The Kier molecular flexibility index (Phi) is 2.39. The molecule has 0 bridgehead atoms. The Labute approximate surface area is 81.5 Å². The van der Waals surface area contributed by atoms with Crippen LogP contribution >= 0.6 is 0 Å². The van der Waals surface area contributed by atoms with Gasteiger partial charge in [0.15, 0.2) is 0 Å². The first-order chi connectivity index (χ1) is 6.74. The van der Waals surface area contributed by atoms with Crippen LogP contribution in [0.1, 0.15) is 11.7 Å². The van der Waals surface area contributed by atoms with E-state index in [1.165, 1.54) is 6.07 Å². The van der Waals surface area contributed by atoms with E-state index >= 15 is 0 Å². The fraction of sp³-hybridized carbons (Fsp3) is 0.400. The largest absolute Gasteiger partial charge is 0.491 e. The van der Waals surface area contributed by atoms with Crippen LogP contribution in [-0.2, 0) is 0 Å². The normalized spacial score (nSPS) is 25.4. The second-order valence-corrected chi connectivity index (χ2v) is 3.30. The Bertz CT molecular complexity index is 343. The first-order valence-corrected chi connectivity index (χ1v) is 4.50. The molecule has 14 heavy (non-hydrogen) atoms. The Balaban J connectivity index is 2.43. The number of halogens is 1. The lowest BCUT2D eigenvalue weighted by Crippen LogP contribution is -2.41. The highest BCUT2D eigenvalue weighted by atomic mass is 19.1. The molecule has 2 N–H and O–H groups in total. The average Bonchev–Trinajstić information content (AvgIpc) is 2.18. The molecule has 0 saturated carbocycles. The van der Waals surface area contributed by atoms with E-state index in [4.69, 9.17) is 4.74 Å². The Morgan fingerprint density at radius 2 is 2.36 bits per heavy atom. The van der Waals surface area contributed by atoms with E-state index in [2.05, 4.69) is 5.32 Å². The first-order valence-electron chi connectivity index (χ1n) is 4.50. The molecule has 0 saturated heterocycles. The van der Waals surface area contributed by atoms with Crippen LogP contribution in [0.5, 0.6) is 5.75 Å². The SMILES string of the molecule is CNC1COc2cccc(F)c2C1O. The Morgan fingerprint density at radius 1 is 1.57 bits per heavy atom. The van der Waals surface area contributed by atoms with Crippen LogP contribution in [0.15, 0.2) is 18.2 Å². The van der Waals surface area contributed by atoms with Crippen molar-refractivity contribution in [2.75, 3.05) is 13.7 Å². The molecule has 1 heterocycles. The average molecular weight is 197 g/mol. The number of fused-ring (bicyclic) bond motifs is 1. The second kappa shape index (κ2) is 3.55. The van der Waals surface area contributed by atoms with Crippen LogP contribution in [0.25, 0.3) is 0 Å². The predicted octanol–water partition coefficient (Wildman–Crippen LogP) is 0.839. The number of hydrogen-bond donors (Lipinski definition) is 2. The van der Waals surface area contributed by atoms with Crippen LogP contribution in [0.3, 0.4) is 0 Å². The summed E-state index contributed by atoms with van der Waals surface area (Å²) >= 11 is 0. The third-order valence-electron chi connectivity index (χ3n) is 2.48. The molecule has 2 unspecified atom stereocenters. The maximum atomic E-state index is 13.4. The van der Waals surface area contributed by atoms with Crippen LogP contribution in [-0.4, -0.2) is 24.8 Å². The zero-order valence-electron chi connectivity index (χ0n) is 7.83. The summed E-state index contributed by atoms with van der Waals surface area (Å²) in [5.74, 6) is 0.0129. The zero-order valence-corrected chi connectivity index (χ0v) is 7.83. The van der Waals surface area contributed by atoms with E-state index in [9.17, 15) is 9.50 Å². The number of benzene rings is 1. The van der Waals surface area contributed by atoms with Gasteiger partial charge in [0, 0.05) is 0 Å². The van der Waals surface area contributed by atoms with Crippen molar-refractivity contribution in [1.29, 1.82) is 0 Å². The summed E-state index contributed by atoms with van der Waals surface area (Å²) in [5, 5.41) is 12.7. The number of aliphatic hydroxyl groups is 1. The fourth-order valence-corrected chi connectivity index (χ4v) is 1.64. The Hall–Kier alpha value is -1.13. The van der Waals surface area contributed by atoms with Gasteiger partial charge in [0.1, 0.15) is 24.3 Å². The van der Waals surface area contributed by atoms with Gasteiger partial charge in [0.2, 0.25) is 0 Å². The quantitative estimate of drug-likeness (QED) is 0.701. The van der Waals surface area contributed by atoms with Gasteiger partial charge in [-0.1, -0.05) is 6.07 Å². The van der Waals surface area contributed by atoms with Gasteiger partial charge in [-0.25, -0.2) is 4.39 Å². The minimum absolute atomic E-state index is 0.248. The van der Waals surface area contributed by atoms with E-state index < -0.39 is 11.9 Å². The summed E-state index contributed by atoms with van der Waals surface area (Å²) < 4.78 is 18.7. The van der Waals surface area contributed by atoms with Crippen molar-refractivity contribution >= 4 is 0 Å². The molecular formula is C10H12FNO2. The summed E-state index contributed by atoms with van der Waals surface area (Å²) in [6.45, 7) is 0.355. The highest BCUT2D eigenvalue weighted by Gasteiger charge is 2.30. The molecule has 1 aromatic rings. The second-order valence-electron chi connectivity index (χ2n) is 3.30. The fourth-order valence-electron chi connectivity index (χ4n) is 1.64. The number of ether oxygens (including phenoxy) is 1. The van der Waals surface area contributed by atoms with Gasteiger partial charge in [0.25, 0.3) is 0 Å². The molecule has 0 fully saturated rings.